The molecule has 1 aromatic rings. The Bertz CT molecular complexity index is 390. The van der Waals surface area contributed by atoms with Crippen LogP contribution in [0.4, 0.5) is 0 Å². The van der Waals surface area contributed by atoms with Gasteiger partial charge >= 0.3 is 0 Å². The maximum absolute atomic E-state index is 9.21. The minimum absolute atomic E-state index is 0.0408. The number of rotatable bonds is 3. The standard InChI is InChI=1S/C11H19N3OS/c1-2-8-3-5-9(6-4-8)14-10(7-15)12-13-11(14)16/h8-9,15H,2-7H2,1H3,(H,13,16). The summed E-state index contributed by atoms with van der Waals surface area (Å²) in [6, 6.07) is 0.427. The Morgan fingerprint density at radius 2 is 2.12 bits per heavy atom. The van der Waals surface area contributed by atoms with Crippen molar-refractivity contribution in [2.45, 2.75) is 51.7 Å². The predicted molar refractivity (Wildman–Crippen MR) is 64.6 cm³/mol. The third-order valence-electron chi connectivity index (χ3n) is 3.68. The van der Waals surface area contributed by atoms with Crippen LogP contribution in [0.5, 0.6) is 0 Å². The zero-order valence-electron chi connectivity index (χ0n) is 9.65. The number of aliphatic hydroxyl groups is 1. The Hall–Kier alpha value is -0.680. The number of aliphatic hydroxyl groups excluding tert-OH is 1. The Kier molecular flexibility index (Phi) is 3.76. The highest BCUT2D eigenvalue weighted by Gasteiger charge is 2.23. The predicted octanol–water partition coefficient (Wildman–Crippen LogP) is 2.57. The molecule has 1 aromatic heterocycles. The molecule has 1 heterocycles. The van der Waals surface area contributed by atoms with Gasteiger partial charge in [0.15, 0.2) is 10.6 Å². The molecular weight excluding hydrogens is 222 g/mol. The van der Waals surface area contributed by atoms with Gasteiger partial charge in [0.25, 0.3) is 0 Å². The molecule has 1 saturated carbocycles. The largest absolute Gasteiger partial charge is 0.388 e. The molecule has 0 atom stereocenters. The quantitative estimate of drug-likeness (QED) is 0.800. The fraction of sp³-hybridized carbons (Fsp3) is 0.818. The van der Waals surface area contributed by atoms with Crippen molar-refractivity contribution in [3.8, 4) is 0 Å². The van der Waals surface area contributed by atoms with E-state index in [0.29, 0.717) is 16.6 Å². The maximum Gasteiger partial charge on any atom is 0.195 e. The van der Waals surface area contributed by atoms with Crippen LogP contribution in [0, 0.1) is 10.7 Å². The highest BCUT2D eigenvalue weighted by atomic mass is 32.1. The molecular formula is C11H19N3OS. The van der Waals surface area contributed by atoms with Crippen molar-refractivity contribution in [1.82, 2.24) is 14.8 Å². The van der Waals surface area contributed by atoms with Gasteiger partial charge in [-0.25, -0.2) is 0 Å². The van der Waals surface area contributed by atoms with Gasteiger partial charge in [0.05, 0.1) is 0 Å². The van der Waals surface area contributed by atoms with E-state index >= 15 is 0 Å². The Morgan fingerprint density at radius 3 is 2.69 bits per heavy atom. The second-order valence-electron chi connectivity index (χ2n) is 4.56. The molecule has 0 spiro atoms. The Balaban J connectivity index is 2.13. The smallest absolute Gasteiger partial charge is 0.195 e. The molecule has 0 saturated heterocycles. The van der Waals surface area contributed by atoms with E-state index in [1.807, 2.05) is 4.57 Å². The molecule has 0 aliphatic heterocycles. The van der Waals surface area contributed by atoms with Crippen molar-refractivity contribution >= 4 is 12.2 Å². The van der Waals surface area contributed by atoms with Crippen molar-refractivity contribution in [3.05, 3.63) is 10.6 Å². The molecule has 0 bridgehead atoms. The molecule has 90 valence electrons. The number of nitrogens with one attached hydrogen (secondary N) is 1. The fourth-order valence-corrected chi connectivity index (χ4v) is 2.94. The van der Waals surface area contributed by atoms with Crippen LogP contribution in [-0.4, -0.2) is 19.9 Å². The van der Waals surface area contributed by atoms with Crippen LogP contribution in [0.1, 0.15) is 50.9 Å². The van der Waals surface area contributed by atoms with E-state index in [0.717, 1.165) is 18.8 Å². The van der Waals surface area contributed by atoms with Crippen LogP contribution in [0.3, 0.4) is 0 Å². The highest BCUT2D eigenvalue weighted by Crippen LogP contribution is 2.34. The molecule has 0 radical (unpaired) electrons. The summed E-state index contributed by atoms with van der Waals surface area (Å²) in [4.78, 5) is 0. The molecule has 0 unspecified atom stereocenters. The SMILES string of the molecule is CCC1CCC(n2c(CO)n[nH]c2=S)CC1. The summed E-state index contributed by atoms with van der Waals surface area (Å²) < 4.78 is 2.64. The number of nitrogens with zero attached hydrogens (tertiary/aromatic N) is 2. The van der Waals surface area contributed by atoms with E-state index in [4.69, 9.17) is 12.2 Å². The van der Waals surface area contributed by atoms with Crippen LogP contribution in [0.15, 0.2) is 0 Å². The lowest BCUT2D eigenvalue weighted by Gasteiger charge is -2.29. The van der Waals surface area contributed by atoms with Crippen molar-refractivity contribution in [2.24, 2.45) is 5.92 Å². The van der Waals surface area contributed by atoms with E-state index in [1.165, 1.54) is 19.3 Å². The molecule has 16 heavy (non-hydrogen) atoms. The lowest BCUT2D eigenvalue weighted by Crippen LogP contribution is -2.19. The number of hydrogen-bond acceptors (Lipinski definition) is 3. The van der Waals surface area contributed by atoms with Crippen molar-refractivity contribution < 1.29 is 5.11 Å². The average molecular weight is 241 g/mol. The minimum Gasteiger partial charge on any atom is -0.388 e. The second kappa shape index (κ2) is 5.10. The molecule has 0 amide bonds. The molecule has 1 aliphatic carbocycles. The third kappa shape index (κ3) is 2.20. The first-order valence-electron chi connectivity index (χ1n) is 6.02. The van der Waals surface area contributed by atoms with E-state index < -0.39 is 0 Å². The number of hydrogen-bond donors (Lipinski definition) is 2. The summed E-state index contributed by atoms with van der Waals surface area (Å²) in [5.41, 5.74) is 0. The van der Waals surface area contributed by atoms with E-state index in [9.17, 15) is 5.11 Å². The van der Waals surface area contributed by atoms with E-state index in [-0.39, 0.29) is 6.61 Å². The minimum atomic E-state index is -0.0408. The van der Waals surface area contributed by atoms with Crippen LogP contribution >= 0.6 is 12.2 Å². The zero-order chi connectivity index (χ0) is 11.5. The molecule has 2 rings (SSSR count). The number of aromatic nitrogens is 3. The molecule has 0 aromatic carbocycles. The van der Waals surface area contributed by atoms with E-state index in [1.54, 1.807) is 0 Å². The summed E-state index contributed by atoms with van der Waals surface area (Å²) in [5, 5.41) is 16.0. The van der Waals surface area contributed by atoms with Gasteiger partial charge in [-0.15, -0.1) is 0 Å². The monoisotopic (exact) mass is 241 g/mol. The zero-order valence-corrected chi connectivity index (χ0v) is 10.5. The van der Waals surface area contributed by atoms with Crippen LogP contribution in [-0.2, 0) is 6.61 Å². The van der Waals surface area contributed by atoms with Crippen molar-refractivity contribution in [3.63, 3.8) is 0 Å². The van der Waals surface area contributed by atoms with Crippen molar-refractivity contribution in [1.29, 1.82) is 0 Å². The summed E-state index contributed by atoms with van der Waals surface area (Å²) in [6.07, 6.45) is 6.10. The van der Waals surface area contributed by atoms with Crippen LogP contribution < -0.4 is 0 Å². The normalized spacial score (nSPS) is 25.9. The molecule has 4 nitrogen and oxygen atoms in total. The van der Waals surface area contributed by atoms with Gasteiger partial charge in [-0.1, -0.05) is 13.3 Å². The number of H-pyrrole nitrogens is 1. The lowest BCUT2D eigenvalue weighted by atomic mass is 9.84. The first-order valence-corrected chi connectivity index (χ1v) is 6.43. The van der Waals surface area contributed by atoms with Gasteiger partial charge in [0, 0.05) is 6.04 Å². The first-order chi connectivity index (χ1) is 7.76. The highest BCUT2D eigenvalue weighted by molar-refractivity contribution is 7.71. The third-order valence-corrected chi connectivity index (χ3v) is 3.97. The topological polar surface area (TPSA) is 53.8 Å². The van der Waals surface area contributed by atoms with Gasteiger partial charge in [-0.3, -0.25) is 9.67 Å². The van der Waals surface area contributed by atoms with Gasteiger partial charge < -0.3 is 5.11 Å². The Labute approximate surface area is 101 Å². The molecule has 5 heteroatoms. The Morgan fingerprint density at radius 1 is 1.44 bits per heavy atom. The molecule has 2 N–H and O–H groups in total. The lowest BCUT2D eigenvalue weighted by molar-refractivity contribution is 0.232. The van der Waals surface area contributed by atoms with Gasteiger partial charge in [0.2, 0.25) is 0 Å². The second-order valence-corrected chi connectivity index (χ2v) is 4.94. The summed E-state index contributed by atoms with van der Waals surface area (Å²) in [6.45, 7) is 2.22. The molecule has 1 aliphatic rings. The molecule has 1 fully saturated rings. The first kappa shape index (κ1) is 11.8. The van der Waals surface area contributed by atoms with Crippen LogP contribution in [0.25, 0.3) is 0 Å². The summed E-state index contributed by atoms with van der Waals surface area (Å²) >= 11 is 5.21. The summed E-state index contributed by atoms with van der Waals surface area (Å²) in [5.74, 6) is 1.54. The maximum atomic E-state index is 9.21. The van der Waals surface area contributed by atoms with Gasteiger partial charge in [0.1, 0.15) is 6.61 Å². The van der Waals surface area contributed by atoms with Crippen LogP contribution in [0.2, 0.25) is 0 Å². The number of aromatic amines is 1. The van der Waals surface area contributed by atoms with Crippen molar-refractivity contribution in [2.75, 3.05) is 0 Å². The summed E-state index contributed by atoms with van der Waals surface area (Å²) in [7, 11) is 0. The van der Waals surface area contributed by atoms with E-state index in [2.05, 4.69) is 17.1 Å². The fourth-order valence-electron chi connectivity index (χ4n) is 2.64. The average Bonchev–Trinajstić information content (AvgIpc) is 2.70. The van der Waals surface area contributed by atoms with Gasteiger partial charge in [-0.05, 0) is 43.8 Å². The van der Waals surface area contributed by atoms with Gasteiger partial charge in [-0.2, -0.15) is 5.10 Å².